The van der Waals surface area contributed by atoms with Gasteiger partial charge in [0.2, 0.25) is 0 Å². The van der Waals surface area contributed by atoms with Crippen molar-refractivity contribution in [2.45, 2.75) is 69.9 Å². The highest BCUT2D eigenvalue weighted by Gasteiger charge is 2.42. The molecule has 3 fully saturated rings. The molecule has 0 radical (unpaired) electrons. The van der Waals surface area contributed by atoms with Gasteiger partial charge in [0.15, 0.2) is 0 Å². The number of carboxylic acids is 1. The van der Waals surface area contributed by atoms with Gasteiger partial charge in [-0.2, -0.15) is 0 Å². The molecule has 2 saturated heterocycles. The lowest BCUT2D eigenvalue weighted by atomic mass is 9.86. The number of likely N-dealkylation sites (tertiary alicyclic amines) is 2. The number of aliphatic hydroxyl groups excluding tert-OH is 1. The van der Waals surface area contributed by atoms with Crippen LogP contribution >= 0.6 is 0 Å². The van der Waals surface area contributed by atoms with E-state index in [2.05, 4.69) is 41.0 Å². The minimum absolute atomic E-state index is 0.273. The number of rotatable bonds is 11. The summed E-state index contributed by atoms with van der Waals surface area (Å²) in [5.74, 6) is 1.04. The first-order chi connectivity index (χ1) is 18.4. The van der Waals surface area contributed by atoms with Crippen molar-refractivity contribution in [1.29, 1.82) is 0 Å². The SMILES string of the molecule is Cc1cccc([C@H]2CN([C@H](CC3CC3)C(=O)O)C[C@@H]2CN2CCC(CCC(O)c3ccc(F)cc3)CC2)c1. The third kappa shape index (κ3) is 7.02. The number of carbonyl (C=O) groups is 1. The van der Waals surface area contributed by atoms with Crippen molar-refractivity contribution in [1.82, 2.24) is 9.80 Å². The quantitative estimate of drug-likeness (QED) is 0.401. The minimum Gasteiger partial charge on any atom is -0.480 e. The van der Waals surface area contributed by atoms with Crippen molar-refractivity contribution in [2.75, 3.05) is 32.7 Å². The lowest BCUT2D eigenvalue weighted by molar-refractivity contribution is -0.143. The normalized spacial score (nSPS) is 24.9. The zero-order valence-corrected chi connectivity index (χ0v) is 22.6. The summed E-state index contributed by atoms with van der Waals surface area (Å²) in [6.07, 6.45) is 6.56. The van der Waals surface area contributed by atoms with Crippen molar-refractivity contribution in [3.63, 3.8) is 0 Å². The van der Waals surface area contributed by atoms with E-state index in [-0.39, 0.29) is 11.9 Å². The summed E-state index contributed by atoms with van der Waals surface area (Å²) in [5, 5.41) is 20.6. The molecule has 5 rings (SSSR count). The minimum atomic E-state index is -0.663. The summed E-state index contributed by atoms with van der Waals surface area (Å²) in [4.78, 5) is 17.1. The molecule has 1 unspecified atom stereocenters. The number of hydrogen-bond acceptors (Lipinski definition) is 4. The van der Waals surface area contributed by atoms with Crippen molar-refractivity contribution in [2.24, 2.45) is 17.8 Å². The molecule has 38 heavy (non-hydrogen) atoms. The highest BCUT2D eigenvalue weighted by Crippen LogP contribution is 2.40. The molecule has 0 amide bonds. The predicted molar refractivity (Wildman–Crippen MR) is 148 cm³/mol. The van der Waals surface area contributed by atoms with E-state index in [0.29, 0.717) is 30.1 Å². The molecule has 0 aromatic heterocycles. The summed E-state index contributed by atoms with van der Waals surface area (Å²) in [7, 11) is 0. The van der Waals surface area contributed by atoms with Gasteiger partial charge in [0.05, 0.1) is 6.10 Å². The third-order valence-electron chi connectivity index (χ3n) is 9.22. The second-order valence-corrected chi connectivity index (χ2v) is 12.2. The van der Waals surface area contributed by atoms with Crippen LogP contribution in [0.15, 0.2) is 48.5 Å². The average molecular weight is 523 g/mol. The zero-order chi connectivity index (χ0) is 26.6. The van der Waals surface area contributed by atoms with Crippen LogP contribution in [0, 0.1) is 30.5 Å². The van der Waals surface area contributed by atoms with Crippen LogP contribution in [0.3, 0.4) is 0 Å². The fraction of sp³-hybridized carbons (Fsp3) is 0.594. The molecule has 206 valence electrons. The summed E-state index contributed by atoms with van der Waals surface area (Å²) < 4.78 is 13.2. The number of piperidine rings is 1. The Kier molecular flexibility index (Phi) is 8.81. The third-order valence-corrected chi connectivity index (χ3v) is 9.22. The summed E-state index contributed by atoms with van der Waals surface area (Å²) in [6, 6.07) is 14.6. The molecule has 3 aliphatic rings. The van der Waals surface area contributed by atoms with Gasteiger partial charge < -0.3 is 15.1 Å². The number of aliphatic carboxylic acids is 1. The highest BCUT2D eigenvalue weighted by atomic mass is 19.1. The summed E-state index contributed by atoms with van der Waals surface area (Å²) >= 11 is 0. The number of nitrogens with zero attached hydrogens (tertiary/aromatic N) is 2. The summed E-state index contributed by atoms with van der Waals surface area (Å²) in [5.41, 5.74) is 3.40. The molecule has 5 nitrogen and oxygen atoms in total. The van der Waals surface area contributed by atoms with E-state index in [1.165, 1.54) is 36.1 Å². The number of aliphatic hydroxyl groups is 1. The van der Waals surface area contributed by atoms with Gasteiger partial charge in [-0.25, -0.2) is 4.39 Å². The molecule has 2 heterocycles. The fourth-order valence-corrected chi connectivity index (χ4v) is 6.73. The van der Waals surface area contributed by atoms with Crippen LogP contribution in [0.5, 0.6) is 0 Å². The maximum absolute atomic E-state index is 13.2. The molecule has 0 bridgehead atoms. The molecule has 6 heteroatoms. The van der Waals surface area contributed by atoms with Crippen LogP contribution in [0.2, 0.25) is 0 Å². The van der Waals surface area contributed by atoms with Gasteiger partial charge in [0, 0.05) is 25.6 Å². The molecule has 4 atom stereocenters. The van der Waals surface area contributed by atoms with E-state index in [9.17, 15) is 19.4 Å². The molecular formula is C32H43FN2O3. The van der Waals surface area contributed by atoms with Gasteiger partial charge in [-0.3, -0.25) is 9.69 Å². The molecule has 1 saturated carbocycles. The smallest absolute Gasteiger partial charge is 0.320 e. The van der Waals surface area contributed by atoms with Crippen LogP contribution in [-0.2, 0) is 4.79 Å². The monoisotopic (exact) mass is 522 g/mol. The number of halogens is 1. The topological polar surface area (TPSA) is 64.0 Å². The molecule has 2 aromatic carbocycles. The van der Waals surface area contributed by atoms with E-state index in [0.717, 1.165) is 64.0 Å². The lowest BCUT2D eigenvalue weighted by Gasteiger charge is -2.35. The van der Waals surface area contributed by atoms with Gasteiger partial charge in [-0.1, -0.05) is 54.8 Å². The Hall–Kier alpha value is -2.28. The van der Waals surface area contributed by atoms with Crippen LogP contribution in [0.25, 0.3) is 0 Å². The highest BCUT2D eigenvalue weighted by molar-refractivity contribution is 5.73. The average Bonchev–Trinajstić information content (AvgIpc) is 3.64. The molecular weight excluding hydrogens is 479 g/mol. The van der Waals surface area contributed by atoms with Gasteiger partial charge in [-0.15, -0.1) is 0 Å². The first-order valence-electron chi connectivity index (χ1n) is 14.5. The Morgan fingerprint density at radius 2 is 1.76 bits per heavy atom. The van der Waals surface area contributed by atoms with Crippen molar-refractivity contribution < 1.29 is 19.4 Å². The number of hydrogen-bond donors (Lipinski definition) is 2. The van der Waals surface area contributed by atoms with E-state index >= 15 is 0 Å². The Bertz CT molecular complexity index is 1060. The van der Waals surface area contributed by atoms with E-state index in [1.54, 1.807) is 12.1 Å². The maximum atomic E-state index is 13.2. The van der Waals surface area contributed by atoms with E-state index in [4.69, 9.17) is 0 Å². The Morgan fingerprint density at radius 3 is 2.42 bits per heavy atom. The van der Waals surface area contributed by atoms with E-state index < -0.39 is 12.1 Å². The predicted octanol–water partition coefficient (Wildman–Crippen LogP) is 5.63. The van der Waals surface area contributed by atoms with Crippen LogP contribution in [-0.4, -0.2) is 64.7 Å². The summed E-state index contributed by atoms with van der Waals surface area (Å²) in [6.45, 7) is 6.94. The number of aryl methyl sites for hydroxylation is 1. The second kappa shape index (κ2) is 12.3. The van der Waals surface area contributed by atoms with Crippen LogP contribution in [0.1, 0.15) is 73.7 Å². The molecule has 0 spiro atoms. The van der Waals surface area contributed by atoms with Crippen LogP contribution in [0.4, 0.5) is 4.39 Å². The van der Waals surface area contributed by atoms with Gasteiger partial charge in [-0.05, 0) is 93.1 Å². The van der Waals surface area contributed by atoms with Crippen molar-refractivity contribution in [3.05, 3.63) is 71.0 Å². The largest absolute Gasteiger partial charge is 0.480 e. The van der Waals surface area contributed by atoms with Crippen LogP contribution < -0.4 is 0 Å². The Morgan fingerprint density at radius 1 is 1.03 bits per heavy atom. The standard InChI is InChI=1S/C32H43FN2O3/c1-22-3-2-4-26(17-22)29-21-35(30(32(37)38)18-24-5-6-24)20-27(29)19-34-15-13-23(14-16-34)7-12-31(36)25-8-10-28(33)11-9-25/h2-4,8-11,17,23-24,27,29-31,36H,5-7,12-16,18-21H2,1H3,(H,37,38)/t27-,29+,30+,31?/m0/s1. The molecule has 2 N–H and O–H groups in total. The fourth-order valence-electron chi connectivity index (χ4n) is 6.73. The molecule has 1 aliphatic carbocycles. The first kappa shape index (κ1) is 27.3. The molecule has 2 aliphatic heterocycles. The Labute approximate surface area is 226 Å². The zero-order valence-electron chi connectivity index (χ0n) is 22.6. The Balaban J connectivity index is 1.17. The lowest BCUT2D eigenvalue weighted by Crippen LogP contribution is -2.41. The van der Waals surface area contributed by atoms with E-state index in [1.807, 2.05) is 0 Å². The van der Waals surface area contributed by atoms with Crippen molar-refractivity contribution >= 4 is 5.97 Å². The molecule has 2 aromatic rings. The number of carboxylic acid groups (broad SMARTS) is 1. The van der Waals surface area contributed by atoms with Crippen molar-refractivity contribution in [3.8, 4) is 0 Å². The van der Waals surface area contributed by atoms with Gasteiger partial charge in [0.25, 0.3) is 0 Å². The second-order valence-electron chi connectivity index (χ2n) is 12.2. The number of benzene rings is 2. The maximum Gasteiger partial charge on any atom is 0.320 e. The first-order valence-corrected chi connectivity index (χ1v) is 14.5. The van der Waals surface area contributed by atoms with Gasteiger partial charge >= 0.3 is 5.97 Å². The van der Waals surface area contributed by atoms with Gasteiger partial charge in [0.1, 0.15) is 11.9 Å².